The summed E-state index contributed by atoms with van der Waals surface area (Å²) in [6.45, 7) is 3.77. The van der Waals surface area contributed by atoms with Crippen molar-refractivity contribution in [3.05, 3.63) is 53.1 Å². The molecule has 0 saturated heterocycles. The fourth-order valence-corrected chi connectivity index (χ4v) is 2.40. The molecule has 1 atom stereocenters. The molecule has 2 rings (SSSR count). The van der Waals surface area contributed by atoms with Crippen LogP contribution in [0.25, 0.3) is 0 Å². The molecule has 3 nitrogen and oxygen atoms in total. The predicted molar refractivity (Wildman–Crippen MR) is 74.2 cm³/mol. The fourth-order valence-electron chi connectivity index (χ4n) is 2.40. The number of ketones is 1. The van der Waals surface area contributed by atoms with Crippen LogP contribution in [0.4, 0.5) is 0 Å². The van der Waals surface area contributed by atoms with Crippen molar-refractivity contribution in [2.75, 3.05) is 14.2 Å². The van der Waals surface area contributed by atoms with E-state index in [1.165, 1.54) is 0 Å². The molecule has 0 amide bonds. The van der Waals surface area contributed by atoms with Crippen molar-refractivity contribution in [2.24, 2.45) is 0 Å². The molecule has 0 radical (unpaired) electrons. The second kappa shape index (κ2) is 5.02. The van der Waals surface area contributed by atoms with Gasteiger partial charge in [0.2, 0.25) is 0 Å². The zero-order valence-corrected chi connectivity index (χ0v) is 11.7. The average Bonchev–Trinajstić information content (AvgIpc) is 2.46. The Morgan fingerprint density at radius 3 is 2.21 bits per heavy atom. The molecular weight excluding hydrogens is 240 g/mol. The molecular formula is C16H18O3. The maximum atomic E-state index is 11.7. The van der Waals surface area contributed by atoms with Crippen LogP contribution in [-0.4, -0.2) is 20.0 Å². The van der Waals surface area contributed by atoms with E-state index in [2.05, 4.69) is 0 Å². The lowest BCUT2D eigenvalue weighted by Gasteiger charge is -2.34. The van der Waals surface area contributed by atoms with Crippen molar-refractivity contribution in [3.8, 4) is 5.75 Å². The van der Waals surface area contributed by atoms with Crippen molar-refractivity contribution in [1.82, 2.24) is 0 Å². The minimum atomic E-state index is -0.662. The number of ether oxygens (including phenoxy) is 2. The standard InChI is InChI=1S/C16H18O3/c1-11-12(2)16(19-4,10-9-15(11)17)13-5-7-14(18-3)8-6-13/h5-10H,1-4H3. The first-order valence-electron chi connectivity index (χ1n) is 6.16. The fraction of sp³-hybridized carbons (Fsp3) is 0.312. The molecule has 0 spiro atoms. The maximum Gasteiger partial charge on any atom is 0.181 e. The van der Waals surface area contributed by atoms with Crippen molar-refractivity contribution >= 4 is 5.78 Å². The molecule has 1 aliphatic carbocycles. The summed E-state index contributed by atoms with van der Waals surface area (Å²) >= 11 is 0. The maximum absolute atomic E-state index is 11.7. The Bertz CT molecular complexity index is 552. The predicted octanol–water partition coefficient (Wildman–Crippen LogP) is 3.01. The number of allylic oxidation sites excluding steroid dienone is 2. The van der Waals surface area contributed by atoms with E-state index in [1.54, 1.807) is 20.3 Å². The first-order valence-corrected chi connectivity index (χ1v) is 6.16. The third-order valence-electron chi connectivity index (χ3n) is 3.80. The number of hydrogen-bond acceptors (Lipinski definition) is 3. The number of hydrogen-bond donors (Lipinski definition) is 0. The zero-order valence-electron chi connectivity index (χ0n) is 11.7. The average molecular weight is 258 g/mol. The normalized spacial score (nSPS) is 22.8. The molecule has 1 aromatic rings. The van der Waals surface area contributed by atoms with Gasteiger partial charge in [-0.15, -0.1) is 0 Å². The minimum Gasteiger partial charge on any atom is -0.497 e. The van der Waals surface area contributed by atoms with Crippen molar-refractivity contribution in [3.63, 3.8) is 0 Å². The molecule has 19 heavy (non-hydrogen) atoms. The van der Waals surface area contributed by atoms with Crippen LogP contribution in [0.15, 0.2) is 47.6 Å². The summed E-state index contributed by atoms with van der Waals surface area (Å²) in [6.07, 6.45) is 3.40. The smallest absolute Gasteiger partial charge is 0.181 e. The second-order valence-corrected chi connectivity index (χ2v) is 4.62. The van der Waals surface area contributed by atoms with Crippen LogP contribution >= 0.6 is 0 Å². The third kappa shape index (κ3) is 2.10. The summed E-state index contributed by atoms with van der Waals surface area (Å²) in [4.78, 5) is 11.7. The molecule has 1 aromatic carbocycles. The summed E-state index contributed by atoms with van der Waals surface area (Å²) < 4.78 is 10.9. The molecule has 100 valence electrons. The highest BCUT2D eigenvalue weighted by molar-refractivity contribution is 6.05. The Morgan fingerprint density at radius 2 is 1.68 bits per heavy atom. The first kappa shape index (κ1) is 13.6. The van der Waals surface area contributed by atoms with E-state index in [4.69, 9.17) is 9.47 Å². The molecule has 0 heterocycles. The third-order valence-corrected chi connectivity index (χ3v) is 3.80. The van der Waals surface area contributed by atoms with E-state index in [0.29, 0.717) is 0 Å². The van der Waals surface area contributed by atoms with Crippen LogP contribution < -0.4 is 4.74 Å². The van der Waals surface area contributed by atoms with Gasteiger partial charge in [-0.25, -0.2) is 0 Å². The lowest BCUT2D eigenvalue weighted by Crippen LogP contribution is -2.32. The number of carbonyl (C=O) groups is 1. The molecule has 0 aromatic heterocycles. The zero-order chi connectivity index (χ0) is 14.0. The Morgan fingerprint density at radius 1 is 1.05 bits per heavy atom. The molecule has 3 heteroatoms. The Labute approximate surface area is 113 Å². The van der Waals surface area contributed by atoms with Gasteiger partial charge in [0.1, 0.15) is 11.4 Å². The minimum absolute atomic E-state index is 0.0405. The lowest BCUT2D eigenvalue weighted by atomic mass is 9.79. The van der Waals surface area contributed by atoms with E-state index in [0.717, 1.165) is 22.5 Å². The highest BCUT2D eigenvalue weighted by atomic mass is 16.5. The van der Waals surface area contributed by atoms with Gasteiger partial charge in [-0.05, 0) is 54.8 Å². The molecule has 0 bridgehead atoms. The van der Waals surface area contributed by atoms with E-state index in [1.807, 2.05) is 44.2 Å². The Hall–Kier alpha value is -1.87. The summed E-state index contributed by atoms with van der Waals surface area (Å²) in [5.41, 5.74) is 1.98. The van der Waals surface area contributed by atoms with E-state index < -0.39 is 5.60 Å². The topological polar surface area (TPSA) is 35.5 Å². The van der Waals surface area contributed by atoms with E-state index in [-0.39, 0.29) is 5.78 Å². The summed E-state index contributed by atoms with van der Waals surface area (Å²) in [6, 6.07) is 7.70. The number of methoxy groups -OCH3 is 2. The van der Waals surface area contributed by atoms with Crippen molar-refractivity contribution in [2.45, 2.75) is 19.4 Å². The lowest BCUT2D eigenvalue weighted by molar-refractivity contribution is -0.111. The van der Waals surface area contributed by atoms with Gasteiger partial charge in [0, 0.05) is 7.11 Å². The van der Waals surface area contributed by atoms with E-state index >= 15 is 0 Å². The van der Waals surface area contributed by atoms with Gasteiger partial charge in [-0.1, -0.05) is 12.1 Å². The van der Waals surface area contributed by atoms with Crippen LogP contribution in [0.2, 0.25) is 0 Å². The van der Waals surface area contributed by atoms with Gasteiger partial charge in [0.15, 0.2) is 5.78 Å². The monoisotopic (exact) mass is 258 g/mol. The highest BCUT2D eigenvalue weighted by Gasteiger charge is 2.36. The molecule has 0 aliphatic heterocycles. The number of benzene rings is 1. The van der Waals surface area contributed by atoms with Crippen molar-refractivity contribution in [1.29, 1.82) is 0 Å². The van der Waals surface area contributed by atoms with E-state index in [9.17, 15) is 4.79 Å². The second-order valence-electron chi connectivity index (χ2n) is 4.62. The summed E-state index contributed by atoms with van der Waals surface area (Å²) in [7, 11) is 3.29. The SMILES string of the molecule is COc1ccc(C2(OC)C=CC(=O)C(C)=C2C)cc1. The van der Waals surface area contributed by atoms with Crippen molar-refractivity contribution < 1.29 is 14.3 Å². The molecule has 1 unspecified atom stereocenters. The summed E-state index contributed by atoms with van der Waals surface area (Å²) in [5.74, 6) is 0.836. The van der Waals surface area contributed by atoms with Crippen LogP contribution in [-0.2, 0) is 15.1 Å². The van der Waals surface area contributed by atoms with Gasteiger partial charge >= 0.3 is 0 Å². The van der Waals surface area contributed by atoms with Gasteiger partial charge in [0.05, 0.1) is 7.11 Å². The van der Waals surface area contributed by atoms with Gasteiger partial charge in [-0.3, -0.25) is 4.79 Å². The van der Waals surface area contributed by atoms with Crippen LogP contribution in [0.3, 0.4) is 0 Å². The number of rotatable bonds is 3. The first-order chi connectivity index (χ1) is 9.05. The van der Waals surface area contributed by atoms with Crippen LogP contribution in [0.5, 0.6) is 5.75 Å². The number of carbonyl (C=O) groups excluding carboxylic acids is 1. The van der Waals surface area contributed by atoms with Gasteiger partial charge < -0.3 is 9.47 Å². The van der Waals surface area contributed by atoms with Crippen LogP contribution in [0, 0.1) is 0 Å². The van der Waals surface area contributed by atoms with Gasteiger partial charge in [-0.2, -0.15) is 0 Å². The highest BCUT2D eigenvalue weighted by Crippen LogP contribution is 2.39. The molecule has 1 aliphatic rings. The van der Waals surface area contributed by atoms with Gasteiger partial charge in [0.25, 0.3) is 0 Å². The Kier molecular flexibility index (Phi) is 3.58. The largest absolute Gasteiger partial charge is 0.497 e. The molecule has 0 fully saturated rings. The molecule has 0 N–H and O–H groups in total. The summed E-state index contributed by atoms with van der Waals surface area (Å²) in [5, 5.41) is 0. The Balaban J connectivity index is 2.54. The van der Waals surface area contributed by atoms with Crippen LogP contribution in [0.1, 0.15) is 19.4 Å². The molecule has 0 saturated carbocycles. The quantitative estimate of drug-likeness (QED) is 0.836.